The van der Waals surface area contributed by atoms with Crippen molar-refractivity contribution in [1.82, 2.24) is 0 Å². The van der Waals surface area contributed by atoms with Crippen LogP contribution in [0.15, 0.2) is 64.3 Å². The summed E-state index contributed by atoms with van der Waals surface area (Å²) in [6.45, 7) is 3.57. The van der Waals surface area contributed by atoms with Crippen LogP contribution in [-0.4, -0.2) is 24.8 Å². The second-order valence-electron chi connectivity index (χ2n) is 5.39. The number of rotatable bonds is 7. The van der Waals surface area contributed by atoms with Crippen molar-refractivity contribution in [1.29, 1.82) is 10.5 Å². The number of hydrogen-bond donors (Lipinski definition) is 1. The molecule has 6 nitrogen and oxygen atoms in total. The quantitative estimate of drug-likeness (QED) is 0.596. The number of nitrogens with zero attached hydrogens (tertiary/aromatic N) is 5. The Labute approximate surface area is 153 Å². The SMILES string of the molecule is CCN(CCO)c1ccc(N=Nc2ccc(C=C(C#N)C#N)cc2)cc1. The molecule has 0 spiro atoms. The molecular formula is C20H19N5O. The molecule has 0 atom stereocenters. The van der Waals surface area contributed by atoms with E-state index in [1.165, 1.54) is 6.08 Å². The van der Waals surface area contributed by atoms with Gasteiger partial charge in [-0.2, -0.15) is 20.8 Å². The molecular weight excluding hydrogens is 326 g/mol. The first kappa shape index (κ1) is 18.9. The molecule has 0 bridgehead atoms. The number of likely N-dealkylation sites (N-methyl/N-ethyl adjacent to an activating group) is 1. The molecule has 0 unspecified atom stereocenters. The Hall–Kier alpha value is -3.48. The Kier molecular flexibility index (Phi) is 7.05. The van der Waals surface area contributed by atoms with Crippen LogP contribution < -0.4 is 4.90 Å². The van der Waals surface area contributed by atoms with E-state index in [0.29, 0.717) is 12.2 Å². The van der Waals surface area contributed by atoms with Gasteiger partial charge in [0.2, 0.25) is 0 Å². The van der Waals surface area contributed by atoms with Crippen LogP contribution in [0.25, 0.3) is 6.08 Å². The van der Waals surface area contributed by atoms with E-state index in [9.17, 15) is 0 Å². The van der Waals surface area contributed by atoms with E-state index in [4.69, 9.17) is 15.6 Å². The van der Waals surface area contributed by atoms with Gasteiger partial charge in [-0.1, -0.05) is 12.1 Å². The number of anilines is 1. The van der Waals surface area contributed by atoms with E-state index in [1.807, 2.05) is 43.3 Å². The molecule has 0 aliphatic rings. The summed E-state index contributed by atoms with van der Waals surface area (Å²) in [5.41, 5.74) is 3.25. The lowest BCUT2D eigenvalue weighted by molar-refractivity contribution is 0.302. The minimum atomic E-state index is 0.0572. The average Bonchev–Trinajstić information content (AvgIpc) is 2.70. The molecule has 0 aromatic heterocycles. The number of azo groups is 1. The first-order chi connectivity index (χ1) is 12.7. The van der Waals surface area contributed by atoms with E-state index in [1.54, 1.807) is 24.3 Å². The lowest BCUT2D eigenvalue weighted by Gasteiger charge is -2.21. The fourth-order valence-electron chi connectivity index (χ4n) is 2.33. The first-order valence-corrected chi connectivity index (χ1v) is 8.19. The van der Waals surface area contributed by atoms with Gasteiger partial charge in [-0.3, -0.25) is 0 Å². The van der Waals surface area contributed by atoms with Crippen LogP contribution in [0.1, 0.15) is 12.5 Å². The topological polar surface area (TPSA) is 95.8 Å². The highest BCUT2D eigenvalue weighted by Gasteiger charge is 2.03. The first-order valence-electron chi connectivity index (χ1n) is 8.19. The number of hydrogen-bond acceptors (Lipinski definition) is 6. The van der Waals surface area contributed by atoms with Crippen molar-refractivity contribution in [2.24, 2.45) is 10.2 Å². The number of nitriles is 2. The average molecular weight is 345 g/mol. The maximum absolute atomic E-state index is 9.08. The third-order valence-electron chi connectivity index (χ3n) is 3.69. The molecule has 0 radical (unpaired) electrons. The van der Waals surface area contributed by atoms with Gasteiger partial charge in [0.1, 0.15) is 17.7 Å². The molecule has 0 aliphatic heterocycles. The normalized spacial score (nSPS) is 10.2. The summed E-state index contributed by atoms with van der Waals surface area (Å²) in [5.74, 6) is 0. The van der Waals surface area contributed by atoms with Crippen LogP contribution in [0.3, 0.4) is 0 Å². The zero-order chi connectivity index (χ0) is 18.8. The van der Waals surface area contributed by atoms with Gasteiger partial charge in [0.25, 0.3) is 0 Å². The molecule has 0 fully saturated rings. The molecule has 2 rings (SSSR count). The standard InChI is InChI=1S/C20H19N5O/c1-2-25(11-12-26)20-9-7-19(8-10-20)24-23-18-5-3-16(4-6-18)13-17(14-21)15-22/h3-10,13,26H,2,11-12H2,1H3. The molecule has 0 saturated carbocycles. The van der Waals surface area contributed by atoms with Crippen molar-refractivity contribution in [3.8, 4) is 12.1 Å². The fraction of sp³-hybridized carbons (Fsp3) is 0.200. The lowest BCUT2D eigenvalue weighted by Crippen LogP contribution is -2.25. The maximum Gasteiger partial charge on any atom is 0.130 e. The van der Waals surface area contributed by atoms with Crippen molar-refractivity contribution in [2.75, 3.05) is 24.6 Å². The lowest BCUT2D eigenvalue weighted by atomic mass is 10.1. The van der Waals surface area contributed by atoms with Crippen molar-refractivity contribution in [3.05, 3.63) is 59.7 Å². The predicted octanol–water partition coefficient (Wildman–Crippen LogP) is 4.35. The van der Waals surface area contributed by atoms with E-state index >= 15 is 0 Å². The van der Waals surface area contributed by atoms with Crippen LogP contribution in [0, 0.1) is 22.7 Å². The van der Waals surface area contributed by atoms with Gasteiger partial charge in [0.05, 0.1) is 18.0 Å². The van der Waals surface area contributed by atoms with Crippen molar-refractivity contribution < 1.29 is 5.11 Å². The van der Waals surface area contributed by atoms with E-state index in [-0.39, 0.29) is 12.2 Å². The summed E-state index contributed by atoms with van der Waals surface area (Å²) < 4.78 is 0. The molecule has 130 valence electrons. The Morgan fingerprint density at radius 2 is 1.54 bits per heavy atom. The molecule has 0 amide bonds. The number of benzene rings is 2. The molecule has 0 saturated heterocycles. The van der Waals surface area contributed by atoms with Gasteiger partial charge < -0.3 is 10.0 Å². The third kappa shape index (κ3) is 5.27. The van der Waals surface area contributed by atoms with Crippen LogP contribution in [0.5, 0.6) is 0 Å². The second kappa shape index (κ2) is 9.73. The highest BCUT2D eigenvalue weighted by atomic mass is 16.3. The molecule has 2 aromatic carbocycles. The van der Waals surface area contributed by atoms with Crippen LogP contribution in [0.4, 0.5) is 17.1 Å². The van der Waals surface area contributed by atoms with E-state index < -0.39 is 0 Å². The summed E-state index contributed by atoms with van der Waals surface area (Å²) in [6.07, 6.45) is 1.52. The van der Waals surface area contributed by atoms with E-state index in [0.717, 1.165) is 23.5 Å². The molecule has 1 N–H and O–H groups in total. The second-order valence-corrected chi connectivity index (χ2v) is 5.39. The maximum atomic E-state index is 9.08. The Morgan fingerprint density at radius 3 is 2.00 bits per heavy atom. The highest BCUT2D eigenvalue weighted by Crippen LogP contribution is 2.22. The number of aliphatic hydroxyl groups is 1. The van der Waals surface area contributed by atoms with Gasteiger partial charge in [0.15, 0.2) is 0 Å². The van der Waals surface area contributed by atoms with Gasteiger partial charge in [-0.25, -0.2) is 0 Å². The van der Waals surface area contributed by atoms with Crippen LogP contribution in [-0.2, 0) is 0 Å². The van der Waals surface area contributed by atoms with Crippen molar-refractivity contribution in [3.63, 3.8) is 0 Å². The largest absolute Gasteiger partial charge is 0.395 e. The summed E-state index contributed by atoms with van der Waals surface area (Å²) in [7, 11) is 0. The predicted molar refractivity (Wildman–Crippen MR) is 101 cm³/mol. The fourth-order valence-corrected chi connectivity index (χ4v) is 2.33. The smallest absolute Gasteiger partial charge is 0.130 e. The van der Waals surface area contributed by atoms with Crippen LogP contribution in [0.2, 0.25) is 0 Å². The van der Waals surface area contributed by atoms with Gasteiger partial charge in [0, 0.05) is 18.8 Å². The van der Waals surface area contributed by atoms with Crippen molar-refractivity contribution >= 4 is 23.1 Å². The van der Waals surface area contributed by atoms with E-state index in [2.05, 4.69) is 15.1 Å². The summed E-state index contributed by atoms with van der Waals surface area (Å²) in [5, 5.41) is 35.0. The molecule has 0 heterocycles. The summed E-state index contributed by atoms with van der Waals surface area (Å²) in [4.78, 5) is 2.07. The zero-order valence-corrected chi connectivity index (χ0v) is 14.5. The van der Waals surface area contributed by atoms with Gasteiger partial charge in [-0.15, -0.1) is 0 Å². The molecule has 0 aliphatic carbocycles. The Balaban J connectivity index is 2.07. The third-order valence-corrected chi connectivity index (χ3v) is 3.69. The summed E-state index contributed by atoms with van der Waals surface area (Å²) in [6, 6.07) is 18.4. The Bertz CT molecular complexity index is 839. The zero-order valence-electron chi connectivity index (χ0n) is 14.5. The molecule has 6 heteroatoms. The van der Waals surface area contributed by atoms with Gasteiger partial charge >= 0.3 is 0 Å². The minimum absolute atomic E-state index is 0.0572. The monoisotopic (exact) mass is 345 g/mol. The summed E-state index contributed by atoms with van der Waals surface area (Å²) >= 11 is 0. The van der Waals surface area contributed by atoms with Gasteiger partial charge in [-0.05, 0) is 55.0 Å². The van der Waals surface area contributed by atoms with Crippen LogP contribution >= 0.6 is 0 Å². The number of allylic oxidation sites excluding steroid dienone is 1. The minimum Gasteiger partial charge on any atom is -0.395 e. The molecule has 26 heavy (non-hydrogen) atoms. The van der Waals surface area contributed by atoms with Crippen molar-refractivity contribution in [2.45, 2.75) is 6.92 Å². The Morgan fingerprint density at radius 1 is 1.00 bits per heavy atom. The molecule has 2 aromatic rings. The highest BCUT2D eigenvalue weighted by molar-refractivity contribution is 5.63. The number of aliphatic hydroxyl groups excluding tert-OH is 1.